The molecule has 1 saturated heterocycles. The highest BCUT2D eigenvalue weighted by Crippen LogP contribution is 2.24. The molecule has 1 aromatic heterocycles. The van der Waals surface area contributed by atoms with Crippen LogP contribution in [0.25, 0.3) is 16.6 Å². The van der Waals surface area contributed by atoms with E-state index in [4.69, 9.17) is 5.73 Å². The quantitative estimate of drug-likeness (QED) is 0.611. The van der Waals surface area contributed by atoms with E-state index in [1.165, 1.54) is 0 Å². The van der Waals surface area contributed by atoms with Gasteiger partial charge in [0.2, 0.25) is 5.91 Å². The average Bonchev–Trinajstić information content (AvgIpc) is 3.27. The number of nitrogens with zero attached hydrogens (tertiary/aromatic N) is 2. The minimum absolute atomic E-state index is 0.271. The molecule has 4 rings (SSSR count). The number of amides is 1. The maximum absolute atomic E-state index is 11.6. The number of hydrogen-bond donors (Lipinski definition) is 4. The van der Waals surface area contributed by atoms with Crippen LogP contribution in [0.2, 0.25) is 0 Å². The van der Waals surface area contributed by atoms with Gasteiger partial charge in [0, 0.05) is 60.5 Å². The minimum atomic E-state index is -0.480. The maximum Gasteiger partial charge on any atom is 0.222 e. The number of benzene rings is 1. The maximum atomic E-state index is 11.6. The number of aromatic amines is 1. The molecule has 26 heavy (non-hydrogen) atoms. The number of amidine groups is 1. The summed E-state index contributed by atoms with van der Waals surface area (Å²) in [6.07, 6.45) is 6.01. The van der Waals surface area contributed by atoms with Crippen molar-refractivity contribution in [1.29, 1.82) is 0 Å². The van der Waals surface area contributed by atoms with Crippen molar-refractivity contribution in [3.63, 3.8) is 0 Å². The van der Waals surface area contributed by atoms with Crippen molar-refractivity contribution < 1.29 is 4.79 Å². The van der Waals surface area contributed by atoms with Gasteiger partial charge in [-0.05, 0) is 25.0 Å². The molecule has 1 unspecified atom stereocenters. The van der Waals surface area contributed by atoms with Gasteiger partial charge in [0.25, 0.3) is 0 Å². The number of H-pyrrole nitrogens is 1. The largest absolute Gasteiger partial charge is 0.370 e. The number of nitrogens with two attached hydrogens (primary N) is 1. The van der Waals surface area contributed by atoms with Crippen LogP contribution in [0, 0.1) is 0 Å². The fourth-order valence-corrected chi connectivity index (χ4v) is 3.56. The van der Waals surface area contributed by atoms with E-state index < -0.39 is 6.29 Å². The number of carbonyl (C=O) groups excluding carboxylic acids is 1. The second kappa shape index (κ2) is 7.21. The van der Waals surface area contributed by atoms with Crippen LogP contribution in [-0.4, -0.2) is 47.6 Å². The van der Waals surface area contributed by atoms with Crippen molar-refractivity contribution in [2.24, 2.45) is 10.7 Å². The molecule has 0 saturated carbocycles. The van der Waals surface area contributed by atoms with Gasteiger partial charge in [-0.2, -0.15) is 0 Å². The van der Waals surface area contributed by atoms with Gasteiger partial charge in [0.1, 0.15) is 5.84 Å². The summed E-state index contributed by atoms with van der Waals surface area (Å²) in [7, 11) is 0. The molecule has 7 heteroatoms. The van der Waals surface area contributed by atoms with E-state index in [1.54, 1.807) is 0 Å². The van der Waals surface area contributed by atoms with Gasteiger partial charge in [-0.15, -0.1) is 0 Å². The molecule has 0 bridgehead atoms. The lowest BCUT2D eigenvalue weighted by Gasteiger charge is -2.22. The number of likely N-dealkylation sites (tertiary alicyclic amines) is 1. The molecule has 2 aliphatic rings. The lowest BCUT2D eigenvalue weighted by Crippen LogP contribution is -2.41. The Morgan fingerprint density at radius 3 is 3.12 bits per heavy atom. The van der Waals surface area contributed by atoms with Crippen LogP contribution in [-0.2, 0) is 4.79 Å². The van der Waals surface area contributed by atoms with Gasteiger partial charge in [0.05, 0.1) is 0 Å². The van der Waals surface area contributed by atoms with Crippen molar-refractivity contribution in [1.82, 2.24) is 20.5 Å². The molecule has 2 aromatic rings. The summed E-state index contributed by atoms with van der Waals surface area (Å²) in [5, 5.41) is 7.72. The fourth-order valence-electron chi connectivity index (χ4n) is 3.56. The molecule has 1 aromatic carbocycles. The van der Waals surface area contributed by atoms with E-state index >= 15 is 0 Å². The highest BCUT2D eigenvalue weighted by molar-refractivity contribution is 6.03. The molecule has 5 N–H and O–H groups in total. The molecule has 2 aliphatic heterocycles. The summed E-state index contributed by atoms with van der Waals surface area (Å²) in [4.78, 5) is 21.2. The molecule has 0 aliphatic carbocycles. The molecule has 7 nitrogen and oxygen atoms in total. The highest BCUT2D eigenvalue weighted by atomic mass is 16.2. The second-order valence-electron chi connectivity index (χ2n) is 6.67. The van der Waals surface area contributed by atoms with Crippen molar-refractivity contribution in [2.75, 3.05) is 19.6 Å². The zero-order valence-corrected chi connectivity index (χ0v) is 14.7. The topological polar surface area (TPSA) is 98.5 Å². The first-order valence-electron chi connectivity index (χ1n) is 9.10. The summed E-state index contributed by atoms with van der Waals surface area (Å²) >= 11 is 0. The molecule has 136 valence electrons. The first-order valence-corrected chi connectivity index (χ1v) is 9.10. The van der Waals surface area contributed by atoms with Crippen LogP contribution in [0.3, 0.4) is 0 Å². The molecule has 3 heterocycles. The number of nitrogens with one attached hydrogen (secondary N) is 3. The summed E-state index contributed by atoms with van der Waals surface area (Å²) in [6.45, 7) is 2.44. The lowest BCUT2D eigenvalue weighted by atomic mass is 10.1. The molecule has 1 atom stereocenters. The van der Waals surface area contributed by atoms with Crippen LogP contribution in [0.4, 0.5) is 0 Å². The van der Waals surface area contributed by atoms with Crippen LogP contribution >= 0.6 is 0 Å². The third-order valence-electron chi connectivity index (χ3n) is 4.83. The first kappa shape index (κ1) is 16.7. The Labute approximate surface area is 152 Å². The Morgan fingerprint density at radius 2 is 2.27 bits per heavy atom. The van der Waals surface area contributed by atoms with Crippen LogP contribution in [0.15, 0.2) is 41.5 Å². The van der Waals surface area contributed by atoms with E-state index in [0.717, 1.165) is 60.5 Å². The van der Waals surface area contributed by atoms with E-state index in [2.05, 4.69) is 38.8 Å². The molecule has 0 spiro atoms. The monoisotopic (exact) mass is 352 g/mol. The third kappa shape index (κ3) is 3.43. The Bertz CT molecular complexity index is 868. The smallest absolute Gasteiger partial charge is 0.222 e. The second-order valence-corrected chi connectivity index (χ2v) is 6.67. The van der Waals surface area contributed by atoms with Crippen LogP contribution in [0.1, 0.15) is 24.8 Å². The minimum Gasteiger partial charge on any atom is -0.370 e. The predicted octanol–water partition coefficient (Wildman–Crippen LogP) is 1.35. The van der Waals surface area contributed by atoms with E-state index in [9.17, 15) is 4.79 Å². The molecule has 1 fully saturated rings. The van der Waals surface area contributed by atoms with Gasteiger partial charge in [-0.3, -0.25) is 10.5 Å². The Balaban J connectivity index is 1.41. The molecule has 1 amide bonds. The number of fused-ring (bicyclic) bond motifs is 1. The van der Waals surface area contributed by atoms with Gasteiger partial charge in [0.15, 0.2) is 6.29 Å². The zero-order chi connectivity index (χ0) is 17.9. The Hall–Kier alpha value is -2.80. The van der Waals surface area contributed by atoms with Gasteiger partial charge >= 0.3 is 0 Å². The van der Waals surface area contributed by atoms with Crippen LogP contribution < -0.4 is 16.4 Å². The Morgan fingerprint density at radius 1 is 1.35 bits per heavy atom. The number of hydrogen-bond acceptors (Lipinski definition) is 5. The fraction of sp³-hybridized carbons (Fsp3) is 0.368. The van der Waals surface area contributed by atoms with E-state index in [1.807, 2.05) is 23.2 Å². The number of carbonyl (C=O) groups is 1. The predicted molar refractivity (Wildman–Crippen MR) is 103 cm³/mol. The highest BCUT2D eigenvalue weighted by Gasteiger charge is 2.19. The number of aliphatic imine (C=N–C) groups is 1. The van der Waals surface area contributed by atoms with Crippen molar-refractivity contribution in [3.05, 3.63) is 42.1 Å². The summed E-state index contributed by atoms with van der Waals surface area (Å²) in [5.74, 6) is 1.04. The SMILES string of the molecule is NC1N=C(NCCCN2CCCC2=O)C=C(c2cccc3[nH]ccc23)N1. The summed E-state index contributed by atoms with van der Waals surface area (Å²) < 4.78 is 0. The lowest BCUT2D eigenvalue weighted by molar-refractivity contribution is -0.127. The van der Waals surface area contributed by atoms with Crippen LogP contribution in [0.5, 0.6) is 0 Å². The van der Waals surface area contributed by atoms with E-state index in [0.29, 0.717) is 6.42 Å². The Kier molecular flexibility index (Phi) is 4.62. The van der Waals surface area contributed by atoms with Gasteiger partial charge in [-0.1, -0.05) is 12.1 Å². The summed E-state index contributed by atoms with van der Waals surface area (Å²) in [6, 6.07) is 8.21. The van der Waals surface area contributed by atoms with Crippen molar-refractivity contribution >= 4 is 28.3 Å². The standard InChI is InChI=1S/C19H24N6O/c20-19-23-16(13-4-1-5-15-14(13)7-9-21-15)12-17(24-19)22-8-3-11-25-10-2-6-18(25)26/h1,4-5,7,9,12,19,21,23H,2-3,6,8,10-11,20H2,(H,22,24). The number of aromatic nitrogens is 1. The summed E-state index contributed by atoms with van der Waals surface area (Å²) in [5.41, 5.74) is 9.19. The normalized spacial score (nSPS) is 20.1. The van der Waals surface area contributed by atoms with Crippen molar-refractivity contribution in [2.45, 2.75) is 25.6 Å². The first-order chi connectivity index (χ1) is 12.7. The number of rotatable bonds is 5. The van der Waals surface area contributed by atoms with Crippen molar-refractivity contribution in [3.8, 4) is 0 Å². The third-order valence-corrected chi connectivity index (χ3v) is 4.83. The van der Waals surface area contributed by atoms with Gasteiger partial charge < -0.3 is 20.5 Å². The van der Waals surface area contributed by atoms with Gasteiger partial charge in [-0.25, -0.2) is 4.99 Å². The zero-order valence-electron chi connectivity index (χ0n) is 14.7. The van der Waals surface area contributed by atoms with E-state index in [-0.39, 0.29) is 5.91 Å². The molecular weight excluding hydrogens is 328 g/mol. The average molecular weight is 352 g/mol. The molecule has 0 radical (unpaired) electrons. The molecular formula is C19H24N6O.